The number of hydrogen-bond donors (Lipinski definition) is 1. The lowest BCUT2D eigenvalue weighted by Gasteiger charge is -2.10. The molecule has 0 aliphatic carbocycles. The zero-order valence-corrected chi connectivity index (χ0v) is 8.68. The van der Waals surface area contributed by atoms with E-state index >= 15 is 0 Å². The topological polar surface area (TPSA) is 15.3 Å². The molecular weight excluding hydrogens is 179 g/mol. The van der Waals surface area contributed by atoms with Gasteiger partial charge in [0.15, 0.2) is 0 Å². The molecule has 77 valence electrons. The van der Waals surface area contributed by atoms with Gasteiger partial charge < -0.3 is 10.2 Å². The maximum absolute atomic E-state index is 13.1. The molecular formula is C11H16FN2. The molecule has 0 aliphatic heterocycles. The zero-order chi connectivity index (χ0) is 10.4. The minimum atomic E-state index is -0.166. The van der Waals surface area contributed by atoms with Crippen LogP contribution in [0, 0.1) is 11.9 Å². The molecule has 0 aromatic heterocycles. The summed E-state index contributed by atoms with van der Waals surface area (Å²) in [5.74, 6) is -0.166. The maximum Gasteiger partial charge on any atom is 0.127 e. The number of halogens is 1. The Morgan fingerprint density at radius 2 is 2.29 bits per heavy atom. The first-order chi connectivity index (χ1) is 6.70. The summed E-state index contributed by atoms with van der Waals surface area (Å²) >= 11 is 0. The Hall–Kier alpha value is -0.930. The molecule has 0 saturated carbocycles. The summed E-state index contributed by atoms with van der Waals surface area (Å²) in [4.78, 5) is 2.08. The Bertz CT molecular complexity index is 274. The van der Waals surface area contributed by atoms with E-state index in [0.717, 1.165) is 13.1 Å². The van der Waals surface area contributed by atoms with Gasteiger partial charge in [-0.3, -0.25) is 0 Å². The van der Waals surface area contributed by atoms with Gasteiger partial charge in [0.05, 0.1) is 0 Å². The molecule has 0 spiro atoms. The van der Waals surface area contributed by atoms with Crippen LogP contribution in [0.4, 0.5) is 4.39 Å². The molecule has 0 amide bonds. The van der Waals surface area contributed by atoms with Gasteiger partial charge in [-0.05, 0) is 32.3 Å². The standard InChI is InChI=1S/C11H16FN2/c1-14(2)8-7-13-9-10-5-3-4-6-11(10)12/h4-6,13H,7-9H2,1-2H3. The minimum Gasteiger partial charge on any atom is -0.311 e. The highest BCUT2D eigenvalue weighted by atomic mass is 19.1. The van der Waals surface area contributed by atoms with Gasteiger partial charge in [-0.15, -0.1) is 0 Å². The van der Waals surface area contributed by atoms with Gasteiger partial charge in [0, 0.05) is 25.2 Å². The van der Waals surface area contributed by atoms with E-state index in [9.17, 15) is 4.39 Å². The molecule has 1 aromatic rings. The SMILES string of the molecule is CN(C)CCNCc1c[c]ccc1F. The lowest BCUT2D eigenvalue weighted by atomic mass is 10.2. The van der Waals surface area contributed by atoms with Crippen molar-refractivity contribution in [3.8, 4) is 0 Å². The van der Waals surface area contributed by atoms with Crippen molar-refractivity contribution in [1.29, 1.82) is 0 Å². The Morgan fingerprint density at radius 1 is 1.50 bits per heavy atom. The number of likely N-dealkylation sites (N-methyl/N-ethyl adjacent to an activating group) is 1. The molecule has 0 fully saturated rings. The summed E-state index contributed by atoms with van der Waals surface area (Å²) in [7, 11) is 4.02. The summed E-state index contributed by atoms with van der Waals surface area (Å²) in [5, 5.41) is 3.17. The van der Waals surface area contributed by atoms with Crippen molar-refractivity contribution in [2.45, 2.75) is 6.54 Å². The predicted molar refractivity (Wildman–Crippen MR) is 55.5 cm³/mol. The van der Waals surface area contributed by atoms with Crippen molar-refractivity contribution in [3.05, 3.63) is 35.6 Å². The Balaban J connectivity index is 2.28. The van der Waals surface area contributed by atoms with Crippen molar-refractivity contribution >= 4 is 0 Å². The third-order valence-corrected chi connectivity index (χ3v) is 1.94. The lowest BCUT2D eigenvalue weighted by Crippen LogP contribution is -2.26. The van der Waals surface area contributed by atoms with Gasteiger partial charge in [-0.25, -0.2) is 4.39 Å². The molecule has 0 bridgehead atoms. The summed E-state index contributed by atoms with van der Waals surface area (Å²) in [6.07, 6.45) is 0. The number of benzene rings is 1. The largest absolute Gasteiger partial charge is 0.311 e. The molecule has 1 rings (SSSR count). The van der Waals surface area contributed by atoms with Gasteiger partial charge in [0.2, 0.25) is 0 Å². The number of nitrogens with zero attached hydrogens (tertiary/aromatic N) is 1. The molecule has 1 N–H and O–H groups in total. The Kier molecular flexibility index (Phi) is 4.56. The third kappa shape index (κ3) is 3.85. The molecule has 0 saturated heterocycles. The number of hydrogen-bond acceptors (Lipinski definition) is 2. The monoisotopic (exact) mass is 195 g/mol. The van der Waals surface area contributed by atoms with E-state index in [1.165, 1.54) is 6.07 Å². The fraction of sp³-hybridized carbons (Fsp3) is 0.455. The molecule has 14 heavy (non-hydrogen) atoms. The molecule has 0 aliphatic rings. The van der Waals surface area contributed by atoms with Crippen LogP contribution < -0.4 is 5.32 Å². The number of rotatable bonds is 5. The van der Waals surface area contributed by atoms with Crippen molar-refractivity contribution in [1.82, 2.24) is 10.2 Å². The summed E-state index contributed by atoms with van der Waals surface area (Å²) < 4.78 is 13.1. The van der Waals surface area contributed by atoms with E-state index in [2.05, 4.69) is 16.3 Å². The van der Waals surface area contributed by atoms with Crippen LogP contribution in [0.2, 0.25) is 0 Å². The highest BCUT2D eigenvalue weighted by Crippen LogP contribution is 2.04. The smallest absolute Gasteiger partial charge is 0.127 e. The van der Waals surface area contributed by atoms with Crippen LogP contribution in [-0.4, -0.2) is 32.1 Å². The average Bonchev–Trinajstić information content (AvgIpc) is 2.15. The van der Waals surface area contributed by atoms with Crippen LogP contribution in [0.5, 0.6) is 0 Å². The molecule has 1 radical (unpaired) electrons. The second kappa shape index (κ2) is 5.73. The molecule has 0 atom stereocenters. The highest BCUT2D eigenvalue weighted by molar-refractivity contribution is 5.15. The third-order valence-electron chi connectivity index (χ3n) is 1.94. The van der Waals surface area contributed by atoms with E-state index in [0.29, 0.717) is 12.1 Å². The fourth-order valence-electron chi connectivity index (χ4n) is 1.11. The van der Waals surface area contributed by atoms with Crippen LogP contribution in [0.25, 0.3) is 0 Å². The second-order valence-electron chi connectivity index (χ2n) is 3.50. The first-order valence-electron chi connectivity index (χ1n) is 4.70. The van der Waals surface area contributed by atoms with Crippen molar-refractivity contribution < 1.29 is 4.39 Å². The first kappa shape index (κ1) is 11.1. The zero-order valence-electron chi connectivity index (χ0n) is 8.68. The van der Waals surface area contributed by atoms with Crippen molar-refractivity contribution in [2.24, 2.45) is 0 Å². The molecule has 0 unspecified atom stereocenters. The first-order valence-corrected chi connectivity index (χ1v) is 4.70. The van der Waals surface area contributed by atoms with Gasteiger partial charge in [-0.1, -0.05) is 6.07 Å². The predicted octanol–water partition coefficient (Wildman–Crippen LogP) is 1.28. The van der Waals surface area contributed by atoms with Crippen LogP contribution in [0.3, 0.4) is 0 Å². The van der Waals surface area contributed by atoms with E-state index in [1.54, 1.807) is 12.1 Å². The Morgan fingerprint density at radius 3 is 2.93 bits per heavy atom. The van der Waals surface area contributed by atoms with E-state index in [-0.39, 0.29) is 5.82 Å². The molecule has 3 heteroatoms. The van der Waals surface area contributed by atoms with Crippen molar-refractivity contribution in [3.63, 3.8) is 0 Å². The number of nitrogens with one attached hydrogen (secondary N) is 1. The van der Waals surface area contributed by atoms with Gasteiger partial charge >= 0.3 is 0 Å². The van der Waals surface area contributed by atoms with E-state index in [1.807, 2.05) is 14.1 Å². The maximum atomic E-state index is 13.1. The van der Waals surface area contributed by atoms with Crippen LogP contribution in [0.1, 0.15) is 5.56 Å². The highest BCUT2D eigenvalue weighted by Gasteiger charge is 1.99. The van der Waals surface area contributed by atoms with Gasteiger partial charge in [0.1, 0.15) is 5.82 Å². The molecule has 1 aromatic carbocycles. The quantitative estimate of drug-likeness (QED) is 0.712. The average molecular weight is 195 g/mol. The van der Waals surface area contributed by atoms with Gasteiger partial charge in [0.25, 0.3) is 0 Å². The van der Waals surface area contributed by atoms with Crippen LogP contribution >= 0.6 is 0 Å². The van der Waals surface area contributed by atoms with E-state index in [4.69, 9.17) is 0 Å². The molecule has 0 heterocycles. The summed E-state index contributed by atoms with van der Waals surface area (Å²) in [6.45, 7) is 2.39. The van der Waals surface area contributed by atoms with Crippen molar-refractivity contribution in [2.75, 3.05) is 27.2 Å². The Labute approximate surface area is 84.7 Å². The van der Waals surface area contributed by atoms with Gasteiger partial charge in [-0.2, -0.15) is 0 Å². The fourth-order valence-corrected chi connectivity index (χ4v) is 1.11. The second-order valence-corrected chi connectivity index (χ2v) is 3.50. The summed E-state index contributed by atoms with van der Waals surface area (Å²) in [5.41, 5.74) is 0.672. The summed E-state index contributed by atoms with van der Waals surface area (Å²) in [6, 6.07) is 7.56. The van der Waals surface area contributed by atoms with Crippen LogP contribution in [0.15, 0.2) is 18.2 Å². The molecule has 2 nitrogen and oxygen atoms in total. The van der Waals surface area contributed by atoms with Crippen LogP contribution in [-0.2, 0) is 6.54 Å². The minimum absolute atomic E-state index is 0.166. The normalized spacial score (nSPS) is 10.9. The lowest BCUT2D eigenvalue weighted by molar-refractivity contribution is 0.399. The van der Waals surface area contributed by atoms with E-state index < -0.39 is 0 Å².